The number of nitro groups is 2. The van der Waals surface area contributed by atoms with Crippen LogP contribution < -0.4 is 9.80 Å². The van der Waals surface area contributed by atoms with Crippen LogP contribution in [0.2, 0.25) is 0 Å². The summed E-state index contributed by atoms with van der Waals surface area (Å²) in [5, 5.41) is 39.4. The van der Waals surface area contributed by atoms with Crippen molar-refractivity contribution in [1.82, 2.24) is 0 Å². The van der Waals surface area contributed by atoms with Gasteiger partial charge in [-0.1, -0.05) is 0 Å². The van der Waals surface area contributed by atoms with Gasteiger partial charge in [0, 0.05) is 56.3 Å². The molecular formula is C27H32F6N4O6. The molecule has 0 heterocycles. The van der Waals surface area contributed by atoms with Crippen molar-refractivity contribution in [3.05, 3.63) is 67.8 Å². The summed E-state index contributed by atoms with van der Waals surface area (Å²) in [5.74, 6) is 0.865. The third kappa shape index (κ3) is 9.95. The first-order valence-electron chi connectivity index (χ1n) is 13.6. The summed E-state index contributed by atoms with van der Waals surface area (Å²) < 4.78 is 77.9. The monoisotopic (exact) mass is 622 g/mol. The lowest BCUT2D eigenvalue weighted by molar-refractivity contribution is -0.388. The van der Waals surface area contributed by atoms with Crippen molar-refractivity contribution in [2.24, 2.45) is 11.8 Å². The minimum absolute atomic E-state index is 0.0553. The van der Waals surface area contributed by atoms with Gasteiger partial charge in [0.2, 0.25) is 0 Å². The lowest BCUT2D eigenvalue weighted by Crippen LogP contribution is -2.29. The molecule has 16 heteroatoms. The lowest BCUT2D eigenvalue weighted by Gasteiger charge is -2.25. The van der Waals surface area contributed by atoms with Gasteiger partial charge in [-0.2, -0.15) is 26.3 Å². The Morgan fingerprint density at radius 1 is 0.698 bits per heavy atom. The predicted octanol–water partition coefficient (Wildman–Crippen LogP) is 6.03. The SMILES string of the molecule is O=[N+]([O-])c1ccc(N(CCCO)CC2CC2)cc1C(F)(F)F.O=[N+]([O-])c1ccc(N(CCO)CC2CC2)cc1C(F)(F)F. The molecule has 0 atom stereocenters. The molecule has 2 aromatic carbocycles. The van der Waals surface area contributed by atoms with Crippen LogP contribution in [0.4, 0.5) is 49.1 Å². The van der Waals surface area contributed by atoms with Gasteiger partial charge in [-0.05, 0) is 68.2 Å². The predicted molar refractivity (Wildman–Crippen MR) is 145 cm³/mol. The van der Waals surface area contributed by atoms with Crippen LogP contribution in [0.15, 0.2) is 36.4 Å². The molecule has 2 N–H and O–H groups in total. The molecule has 0 aliphatic heterocycles. The third-order valence-corrected chi connectivity index (χ3v) is 7.00. The molecule has 43 heavy (non-hydrogen) atoms. The Morgan fingerprint density at radius 2 is 1.09 bits per heavy atom. The number of rotatable bonds is 13. The van der Waals surface area contributed by atoms with E-state index in [9.17, 15) is 46.6 Å². The molecule has 0 saturated heterocycles. The topological polar surface area (TPSA) is 133 Å². The standard InChI is InChI=1S/C14H17F3N2O3.C13H15F3N2O3/c15-14(16,17)12-8-11(4-5-13(12)19(21)22)18(6-1-7-20)9-10-2-3-10;14-13(15,16)11-7-10(3-4-12(11)18(20)21)17(5-6-19)8-9-1-2-9/h4-5,8,10,20H,1-3,6-7,9H2;3-4,7,9,19H,1-2,5-6,8H2. The fraction of sp³-hybridized carbons (Fsp3) is 0.556. The van der Waals surface area contributed by atoms with Gasteiger partial charge >= 0.3 is 12.4 Å². The van der Waals surface area contributed by atoms with E-state index in [4.69, 9.17) is 10.2 Å². The zero-order valence-corrected chi connectivity index (χ0v) is 23.0. The summed E-state index contributed by atoms with van der Waals surface area (Å²) in [7, 11) is 0. The Morgan fingerprint density at radius 3 is 1.40 bits per heavy atom. The van der Waals surface area contributed by atoms with E-state index in [0.29, 0.717) is 43.6 Å². The van der Waals surface area contributed by atoms with Gasteiger partial charge in [-0.25, -0.2) is 0 Å². The van der Waals surface area contributed by atoms with Crippen molar-refractivity contribution in [2.75, 3.05) is 49.2 Å². The second-order valence-corrected chi connectivity index (χ2v) is 10.5. The summed E-state index contributed by atoms with van der Waals surface area (Å²) in [4.78, 5) is 22.8. The smallest absolute Gasteiger partial charge is 0.396 e. The maximum Gasteiger partial charge on any atom is 0.423 e. The quantitative estimate of drug-likeness (QED) is 0.157. The number of halogens is 6. The van der Waals surface area contributed by atoms with Crippen molar-refractivity contribution in [2.45, 2.75) is 44.5 Å². The fourth-order valence-corrected chi connectivity index (χ4v) is 4.47. The molecule has 0 aromatic heterocycles. The maximum absolute atomic E-state index is 13.0. The second-order valence-electron chi connectivity index (χ2n) is 10.5. The summed E-state index contributed by atoms with van der Waals surface area (Å²) >= 11 is 0. The van der Waals surface area contributed by atoms with Crippen LogP contribution in [0.25, 0.3) is 0 Å². The highest BCUT2D eigenvalue weighted by molar-refractivity contribution is 5.58. The van der Waals surface area contributed by atoms with E-state index in [1.165, 1.54) is 12.1 Å². The summed E-state index contributed by atoms with van der Waals surface area (Å²) in [6.07, 6.45) is -5.03. The highest BCUT2D eigenvalue weighted by atomic mass is 19.4. The molecule has 2 fully saturated rings. The molecule has 0 amide bonds. The average molecular weight is 623 g/mol. The summed E-state index contributed by atoms with van der Waals surface area (Å²) in [6.45, 7) is 1.53. The fourth-order valence-electron chi connectivity index (χ4n) is 4.47. The third-order valence-electron chi connectivity index (χ3n) is 7.00. The average Bonchev–Trinajstić information content (AvgIpc) is 3.86. The first-order valence-corrected chi connectivity index (χ1v) is 13.6. The Hall–Kier alpha value is -3.66. The summed E-state index contributed by atoms with van der Waals surface area (Å²) in [6, 6.07) is 6.03. The zero-order chi connectivity index (χ0) is 31.9. The number of nitrogens with zero attached hydrogens (tertiary/aromatic N) is 4. The van der Waals surface area contributed by atoms with Crippen LogP contribution in [-0.4, -0.2) is 59.5 Å². The number of hydrogen-bond acceptors (Lipinski definition) is 8. The summed E-state index contributed by atoms with van der Waals surface area (Å²) in [5.41, 5.74) is -3.85. The van der Waals surface area contributed by atoms with Crippen molar-refractivity contribution in [3.63, 3.8) is 0 Å². The van der Waals surface area contributed by atoms with Gasteiger partial charge in [0.25, 0.3) is 11.4 Å². The molecular weight excluding hydrogens is 590 g/mol. The molecule has 4 rings (SSSR count). The number of aliphatic hydroxyl groups excluding tert-OH is 2. The van der Waals surface area contributed by atoms with Crippen molar-refractivity contribution >= 4 is 22.7 Å². The number of aliphatic hydroxyl groups is 2. The molecule has 0 spiro atoms. The van der Waals surface area contributed by atoms with Crippen LogP contribution in [-0.2, 0) is 12.4 Å². The molecule has 2 saturated carbocycles. The van der Waals surface area contributed by atoms with E-state index < -0.39 is 44.7 Å². The van der Waals surface area contributed by atoms with Crippen LogP contribution in [0, 0.1) is 32.1 Å². The van der Waals surface area contributed by atoms with E-state index in [-0.39, 0.29) is 25.4 Å². The second kappa shape index (κ2) is 14.2. The van der Waals surface area contributed by atoms with Crippen molar-refractivity contribution in [1.29, 1.82) is 0 Å². The first kappa shape index (κ1) is 33.8. The minimum Gasteiger partial charge on any atom is -0.396 e. The van der Waals surface area contributed by atoms with E-state index in [0.717, 1.165) is 49.9 Å². The van der Waals surface area contributed by atoms with Gasteiger partial charge in [-0.15, -0.1) is 0 Å². The van der Waals surface area contributed by atoms with Crippen molar-refractivity contribution in [3.8, 4) is 0 Å². The normalized spacial score (nSPS) is 15.0. The molecule has 10 nitrogen and oxygen atoms in total. The minimum atomic E-state index is -4.79. The zero-order valence-electron chi connectivity index (χ0n) is 23.0. The Balaban J connectivity index is 0.000000236. The molecule has 2 aliphatic rings. The Kier molecular flexibility index (Phi) is 11.2. The number of hydrogen-bond donors (Lipinski definition) is 2. The molecule has 0 unspecified atom stereocenters. The van der Waals surface area contributed by atoms with Gasteiger partial charge < -0.3 is 20.0 Å². The van der Waals surface area contributed by atoms with E-state index >= 15 is 0 Å². The Labute approximate surface area is 242 Å². The largest absolute Gasteiger partial charge is 0.423 e. The highest BCUT2D eigenvalue weighted by Crippen LogP contribution is 2.41. The van der Waals surface area contributed by atoms with E-state index in [1.54, 1.807) is 9.80 Å². The number of benzene rings is 2. The Bertz CT molecular complexity index is 1270. The van der Waals surface area contributed by atoms with Crippen LogP contribution in [0.5, 0.6) is 0 Å². The molecule has 2 aliphatic carbocycles. The molecule has 0 bridgehead atoms. The highest BCUT2D eigenvalue weighted by Gasteiger charge is 2.40. The first-order chi connectivity index (χ1) is 20.1. The maximum atomic E-state index is 13.0. The number of alkyl halides is 6. The van der Waals surface area contributed by atoms with Gasteiger partial charge in [0.05, 0.1) is 16.5 Å². The van der Waals surface area contributed by atoms with E-state index in [2.05, 4.69) is 0 Å². The van der Waals surface area contributed by atoms with Gasteiger partial charge in [0.15, 0.2) is 0 Å². The van der Waals surface area contributed by atoms with Crippen LogP contribution >= 0.6 is 0 Å². The lowest BCUT2D eigenvalue weighted by atomic mass is 10.1. The molecule has 0 radical (unpaired) electrons. The molecule has 238 valence electrons. The number of nitro benzene ring substituents is 2. The number of anilines is 2. The van der Waals surface area contributed by atoms with Gasteiger partial charge in [-0.3, -0.25) is 20.2 Å². The molecule has 2 aromatic rings. The van der Waals surface area contributed by atoms with Gasteiger partial charge in [0.1, 0.15) is 11.1 Å². The van der Waals surface area contributed by atoms with Crippen molar-refractivity contribution < 1.29 is 46.4 Å². The van der Waals surface area contributed by atoms with Crippen LogP contribution in [0.1, 0.15) is 43.2 Å². The van der Waals surface area contributed by atoms with Crippen LogP contribution in [0.3, 0.4) is 0 Å². The van der Waals surface area contributed by atoms with E-state index in [1.807, 2.05) is 0 Å².